The van der Waals surface area contributed by atoms with Gasteiger partial charge in [0, 0.05) is 12.1 Å². The Labute approximate surface area is 135 Å². The Balaban J connectivity index is 1.95. The highest BCUT2D eigenvalue weighted by molar-refractivity contribution is 6.17. The molecule has 0 spiro atoms. The fraction of sp³-hybridized carbons (Fsp3) is 0.263. The van der Waals surface area contributed by atoms with Crippen LogP contribution in [0.1, 0.15) is 35.7 Å². The number of anilines is 2. The lowest BCUT2D eigenvalue weighted by Crippen LogP contribution is -2.62. The second-order valence-electron chi connectivity index (χ2n) is 6.44. The van der Waals surface area contributed by atoms with Gasteiger partial charge < -0.3 is 0 Å². The van der Waals surface area contributed by atoms with Crippen molar-refractivity contribution < 1.29 is 9.59 Å². The average molecular weight is 306 g/mol. The van der Waals surface area contributed by atoms with E-state index in [1.807, 2.05) is 56.3 Å². The Morgan fingerprint density at radius 2 is 1.65 bits per heavy atom. The molecule has 4 rings (SSSR count). The second kappa shape index (κ2) is 4.69. The van der Waals surface area contributed by atoms with E-state index in [-0.39, 0.29) is 11.8 Å². The highest BCUT2D eigenvalue weighted by Crippen LogP contribution is 2.45. The van der Waals surface area contributed by atoms with E-state index in [2.05, 4.69) is 0 Å². The van der Waals surface area contributed by atoms with Crippen molar-refractivity contribution in [2.24, 2.45) is 0 Å². The summed E-state index contributed by atoms with van der Waals surface area (Å²) in [6.45, 7) is 4.00. The van der Waals surface area contributed by atoms with Crippen molar-refractivity contribution in [3.8, 4) is 0 Å². The Morgan fingerprint density at radius 1 is 0.957 bits per heavy atom. The van der Waals surface area contributed by atoms with Crippen molar-refractivity contribution in [1.29, 1.82) is 0 Å². The number of rotatable bonds is 1. The summed E-state index contributed by atoms with van der Waals surface area (Å²) >= 11 is 0. The number of hydrogen-bond donors (Lipinski definition) is 0. The highest BCUT2D eigenvalue weighted by atomic mass is 16.2. The zero-order valence-electron chi connectivity index (χ0n) is 13.2. The number of nitrogens with zero attached hydrogens (tertiary/aromatic N) is 2. The van der Waals surface area contributed by atoms with E-state index in [1.165, 1.54) is 0 Å². The summed E-state index contributed by atoms with van der Waals surface area (Å²) in [6, 6.07) is 15.3. The van der Waals surface area contributed by atoms with Gasteiger partial charge in [0.2, 0.25) is 5.91 Å². The normalized spacial score (nSPS) is 23.0. The zero-order chi connectivity index (χ0) is 16.2. The van der Waals surface area contributed by atoms with Crippen molar-refractivity contribution in [2.45, 2.75) is 32.4 Å². The van der Waals surface area contributed by atoms with E-state index in [4.69, 9.17) is 0 Å². The van der Waals surface area contributed by atoms with Gasteiger partial charge in [-0.3, -0.25) is 19.4 Å². The first-order valence-corrected chi connectivity index (χ1v) is 7.86. The highest BCUT2D eigenvalue weighted by Gasteiger charge is 2.53. The van der Waals surface area contributed by atoms with Gasteiger partial charge in [-0.25, -0.2) is 0 Å². The maximum atomic E-state index is 13.1. The number of fused-ring (bicyclic) bond motifs is 3. The minimum absolute atomic E-state index is 0.0436. The van der Waals surface area contributed by atoms with Crippen molar-refractivity contribution in [3.63, 3.8) is 0 Å². The number of carbonyl (C=O) groups is 2. The first kappa shape index (κ1) is 14.0. The van der Waals surface area contributed by atoms with Gasteiger partial charge in [0.15, 0.2) is 0 Å². The molecule has 1 saturated heterocycles. The third kappa shape index (κ3) is 1.84. The fourth-order valence-electron chi connectivity index (χ4n) is 3.72. The molecule has 116 valence electrons. The molecule has 2 aliphatic rings. The molecule has 2 heterocycles. The van der Waals surface area contributed by atoms with Crippen LogP contribution in [0.15, 0.2) is 48.5 Å². The molecule has 2 aromatic rings. The summed E-state index contributed by atoms with van der Waals surface area (Å²) in [5, 5.41) is 0. The minimum atomic E-state index is -0.641. The number of aryl methyl sites for hydroxylation is 1. The molecule has 23 heavy (non-hydrogen) atoms. The quantitative estimate of drug-likeness (QED) is 0.809. The van der Waals surface area contributed by atoms with Crippen LogP contribution < -0.4 is 9.80 Å². The molecule has 1 unspecified atom stereocenters. The average Bonchev–Trinajstić information content (AvgIpc) is 2.85. The summed E-state index contributed by atoms with van der Waals surface area (Å²) in [4.78, 5) is 29.2. The van der Waals surface area contributed by atoms with Crippen molar-refractivity contribution in [1.82, 2.24) is 0 Å². The maximum Gasteiger partial charge on any atom is 0.262 e. The largest absolute Gasteiger partial charge is 0.288 e. The number of carbonyl (C=O) groups excluding carboxylic acids is 2. The van der Waals surface area contributed by atoms with E-state index in [1.54, 1.807) is 15.9 Å². The van der Waals surface area contributed by atoms with E-state index < -0.39 is 5.66 Å². The first-order valence-electron chi connectivity index (χ1n) is 7.86. The summed E-state index contributed by atoms with van der Waals surface area (Å²) in [5.41, 5.74) is 2.64. The van der Waals surface area contributed by atoms with Crippen molar-refractivity contribution in [3.05, 3.63) is 59.7 Å². The fourth-order valence-corrected chi connectivity index (χ4v) is 3.72. The monoisotopic (exact) mass is 306 g/mol. The molecule has 0 radical (unpaired) electrons. The molecule has 0 aromatic heterocycles. The van der Waals surface area contributed by atoms with E-state index in [0.717, 1.165) is 16.9 Å². The van der Waals surface area contributed by atoms with Crippen LogP contribution in [0.25, 0.3) is 0 Å². The topological polar surface area (TPSA) is 40.6 Å². The first-order chi connectivity index (χ1) is 11.0. The van der Waals surface area contributed by atoms with Crippen LogP contribution in [0.5, 0.6) is 0 Å². The van der Waals surface area contributed by atoms with E-state index in [9.17, 15) is 9.59 Å². The SMILES string of the molecule is Cc1ccc(N2C(=O)c3ccccc3N3C(=O)CCC23C)cc1. The number of benzene rings is 2. The van der Waals surface area contributed by atoms with Gasteiger partial charge in [0.05, 0.1) is 11.3 Å². The predicted octanol–water partition coefficient (Wildman–Crippen LogP) is 3.50. The molecule has 1 atom stereocenters. The molecule has 2 aliphatic heterocycles. The van der Waals surface area contributed by atoms with Crippen LogP contribution in [0, 0.1) is 6.92 Å². The van der Waals surface area contributed by atoms with E-state index >= 15 is 0 Å². The van der Waals surface area contributed by atoms with Gasteiger partial charge in [0.25, 0.3) is 5.91 Å². The van der Waals surface area contributed by atoms with Crippen molar-refractivity contribution in [2.75, 3.05) is 9.80 Å². The molecule has 4 nitrogen and oxygen atoms in total. The lowest BCUT2D eigenvalue weighted by atomic mass is 9.97. The third-order valence-electron chi connectivity index (χ3n) is 4.90. The summed E-state index contributed by atoms with van der Waals surface area (Å²) in [6.07, 6.45) is 1.10. The lowest BCUT2D eigenvalue weighted by Gasteiger charge is -2.48. The Bertz CT molecular complexity index is 812. The van der Waals surface area contributed by atoms with Crippen LogP contribution in [-0.2, 0) is 4.79 Å². The van der Waals surface area contributed by atoms with Gasteiger partial charge in [-0.15, -0.1) is 0 Å². The number of hydrogen-bond acceptors (Lipinski definition) is 2. The summed E-state index contributed by atoms with van der Waals surface area (Å²) < 4.78 is 0. The lowest BCUT2D eigenvalue weighted by molar-refractivity contribution is -0.117. The standard InChI is InChI=1S/C19H18N2O2/c1-13-7-9-14(10-8-13)20-18(23)15-5-3-4-6-16(15)21-17(22)11-12-19(20,21)2/h3-10H,11-12H2,1-2H3. The second-order valence-corrected chi connectivity index (χ2v) is 6.44. The van der Waals surface area contributed by atoms with Gasteiger partial charge in [-0.05, 0) is 44.5 Å². The van der Waals surface area contributed by atoms with E-state index in [0.29, 0.717) is 18.4 Å². The Kier molecular flexibility index (Phi) is 2.85. The molecular weight excluding hydrogens is 288 g/mol. The van der Waals surface area contributed by atoms with Gasteiger partial charge in [0.1, 0.15) is 5.66 Å². The molecular formula is C19H18N2O2. The molecule has 0 saturated carbocycles. The van der Waals surface area contributed by atoms with Crippen LogP contribution in [0.3, 0.4) is 0 Å². The van der Waals surface area contributed by atoms with Crippen LogP contribution >= 0.6 is 0 Å². The van der Waals surface area contributed by atoms with Crippen LogP contribution in [-0.4, -0.2) is 17.5 Å². The Hall–Kier alpha value is -2.62. The van der Waals surface area contributed by atoms with Crippen LogP contribution in [0.2, 0.25) is 0 Å². The zero-order valence-corrected chi connectivity index (χ0v) is 13.2. The molecule has 1 fully saturated rings. The molecule has 2 amide bonds. The number of para-hydroxylation sites is 1. The summed E-state index contributed by atoms with van der Waals surface area (Å²) in [7, 11) is 0. The molecule has 0 bridgehead atoms. The molecule has 0 aliphatic carbocycles. The van der Waals surface area contributed by atoms with Crippen LogP contribution in [0.4, 0.5) is 11.4 Å². The molecule has 0 N–H and O–H groups in total. The number of amides is 2. The molecule has 2 aromatic carbocycles. The third-order valence-corrected chi connectivity index (χ3v) is 4.90. The van der Waals surface area contributed by atoms with Gasteiger partial charge in [-0.1, -0.05) is 29.8 Å². The van der Waals surface area contributed by atoms with Crippen molar-refractivity contribution >= 4 is 23.2 Å². The smallest absolute Gasteiger partial charge is 0.262 e. The summed E-state index contributed by atoms with van der Waals surface area (Å²) in [5.74, 6) is 0.0301. The minimum Gasteiger partial charge on any atom is -0.288 e. The predicted molar refractivity (Wildman–Crippen MR) is 89.6 cm³/mol. The van der Waals surface area contributed by atoms with Gasteiger partial charge >= 0.3 is 0 Å². The molecule has 4 heteroatoms. The van der Waals surface area contributed by atoms with Gasteiger partial charge in [-0.2, -0.15) is 0 Å². The maximum absolute atomic E-state index is 13.1. The Morgan fingerprint density at radius 3 is 2.39 bits per heavy atom.